The zero-order chi connectivity index (χ0) is 20.5. The third-order valence-electron chi connectivity index (χ3n) is 4.36. The lowest BCUT2D eigenvalue weighted by Crippen LogP contribution is -2.44. The molecule has 1 atom stereocenters. The summed E-state index contributed by atoms with van der Waals surface area (Å²) in [5.74, 6) is -0.990. The minimum absolute atomic E-state index is 0.0378. The van der Waals surface area contributed by atoms with Crippen molar-refractivity contribution < 1.29 is 19.1 Å². The molecule has 0 aliphatic heterocycles. The zero-order valence-electron chi connectivity index (χ0n) is 16.0. The molecule has 0 aliphatic rings. The fourth-order valence-corrected chi connectivity index (χ4v) is 2.57. The van der Waals surface area contributed by atoms with Gasteiger partial charge in [-0.15, -0.1) is 0 Å². The van der Waals surface area contributed by atoms with Crippen molar-refractivity contribution in [2.75, 3.05) is 5.32 Å². The van der Waals surface area contributed by atoms with Crippen LogP contribution >= 0.6 is 0 Å². The SMILES string of the molecule is Cc1cccc(NC(=O)[C@H](CCC(N)=O)NC(=O)OCc2ccccc2)c1C. The molecule has 148 valence electrons. The molecule has 0 fully saturated rings. The van der Waals surface area contributed by atoms with E-state index in [1.54, 1.807) is 6.07 Å². The average Bonchev–Trinajstić information content (AvgIpc) is 2.67. The van der Waals surface area contributed by atoms with Crippen molar-refractivity contribution in [2.45, 2.75) is 39.3 Å². The fraction of sp³-hybridized carbons (Fsp3) is 0.286. The molecule has 0 bridgehead atoms. The predicted octanol–water partition coefficient (Wildman–Crippen LogP) is 2.80. The first kappa shape index (κ1) is 21.0. The molecular formula is C21H25N3O4. The number of benzene rings is 2. The maximum absolute atomic E-state index is 12.7. The number of carbonyl (C=O) groups excluding carboxylic acids is 3. The number of aryl methyl sites for hydroxylation is 1. The number of amides is 3. The summed E-state index contributed by atoms with van der Waals surface area (Å²) in [5, 5.41) is 5.31. The van der Waals surface area contributed by atoms with Crippen molar-refractivity contribution in [1.82, 2.24) is 5.32 Å². The number of primary amides is 1. The summed E-state index contributed by atoms with van der Waals surface area (Å²) >= 11 is 0. The summed E-state index contributed by atoms with van der Waals surface area (Å²) < 4.78 is 5.16. The van der Waals surface area contributed by atoms with Gasteiger partial charge in [-0.2, -0.15) is 0 Å². The maximum Gasteiger partial charge on any atom is 0.408 e. The summed E-state index contributed by atoms with van der Waals surface area (Å²) in [6.07, 6.45) is -0.703. The number of carbonyl (C=O) groups is 3. The Morgan fingerprint density at radius 2 is 1.75 bits per heavy atom. The monoisotopic (exact) mass is 383 g/mol. The van der Waals surface area contributed by atoms with Gasteiger partial charge in [-0.3, -0.25) is 9.59 Å². The molecule has 4 N–H and O–H groups in total. The minimum Gasteiger partial charge on any atom is -0.445 e. The van der Waals surface area contributed by atoms with Crippen LogP contribution in [0, 0.1) is 13.8 Å². The number of nitrogens with two attached hydrogens (primary N) is 1. The normalized spacial score (nSPS) is 11.4. The average molecular weight is 383 g/mol. The van der Waals surface area contributed by atoms with Gasteiger partial charge in [0, 0.05) is 12.1 Å². The van der Waals surface area contributed by atoms with E-state index in [1.165, 1.54) is 0 Å². The lowest BCUT2D eigenvalue weighted by molar-refractivity contribution is -0.119. The molecule has 0 saturated heterocycles. The molecule has 2 rings (SSSR count). The van der Waals surface area contributed by atoms with Crippen molar-refractivity contribution >= 4 is 23.6 Å². The van der Waals surface area contributed by atoms with Crippen LogP contribution in [-0.2, 0) is 20.9 Å². The van der Waals surface area contributed by atoms with Crippen LogP contribution in [0.1, 0.15) is 29.5 Å². The Hall–Kier alpha value is -3.35. The fourth-order valence-electron chi connectivity index (χ4n) is 2.57. The first-order chi connectivity index (χ1) is 13.4. The van der Waals surface area contributed by atoms with Crippen LogP contribution in [0.3, 0.4) is 0 Å². The Morgan fingerprint density at radius 1 is 1.04 bits per heavy atom. The first-order valence-electron chi connectivity index (χ1n) is 8.99. The van der Waals surface area contributed by atoms with Crippen LogP contribution in [0.2, 0.25) is 0 Å². The Labute approximate surface area is 164 Å². The summed E-state index contributed by atoms with van der Waals surface area (Å²) in [6, 6.07) is 13.8. The molecule has 28 heavy (non-hydrogen) atoms. The highest BCUT2D eigenvalue weighted by molar-refractivity contribution is 5.97. The molecule has 0 spiro atoms. The molecule has 0 heterocycles. The summed E-state index contributed by atoms with van der Waals surface area (Å²) in [6.45, 7) is 3.91. The van der Waals surface area contributed by atoms with Crippen molar-refractivity contribution in [3.05, 3.63) is 65.2 Å². The van der Waals surface area contributed by atoms with E-state index >= 15 is 0 Å². The number of hydrogen-bond donors (Lipinski definition) is 3. The molecule has 7 nitrogen and oxygen atoms in total. The van der Waals surface area contributed by atoms with Gasteiger partial charge < -0.3 is 21.1 Å². The van der Waals surface area contributed by atoms with Gasteiger partial charge in [-0.1, -0.05) is 42.5 Å². The summed E-state index contributed by atoms with van der Waals surface area (Å²) in [5.41, 5.74) is 8.62. The Morgan fingerprint density at radius 3 is 2.43 bits per heavy atom. The highest BCUT2D eigenvalue weighted by Gasteiger charge is 2.23. The van der Waals surface area contributed by atoms with Gasteiger partial charge in [0.15, 0.2) is 0 Å². The van der Waals surface area contributed by atoms with Crippen LogP contribution < -0.4 is 16.4 Å². The van der Waals surface area contributed by atoms with Crippen molar-refractivity contribution in [3.63, 3.8) is 0 Å². The third-order valence-corrected chi connectivity index (χ3v) is 4.36. The lowest BCUT2D eigenvalue weighted by Gasteiger charge is -2.19. The van der Waals surface area contributed by atoms with E-state index in [1.807, 2.05) is 56.3 Å². The van der Waals surface area contributed by atoms with Crippen LogP contribution in [0.5, 0.6) is 0 Å². The number of alkyl carbamates (subject to hydrolysis) is 1. The maximum atomic E-state index is 12.7. The van der Waals surface area contributed by atoms with Gasteiger partial charge >= 0.3 is 6.09 Å². The van der Waals surface area contributed by atoms with E-state index < -0.39 is 23.9 Å². The topological polar surface area (TPSA) is 111 Å². The lowest BCUT2D eigenvalue weighted by atomic mass is 10.1. The number of ether oxygens (including phenoxy) is 1. The number of anilines is 1. The number of rotatable bonds is 8. The number of hydrogen-bond acceptors (Lipinski definition) is 4. The number of nitrogens with one attached hydrogen (secondary N) is 2. The van der Waals surface area contributed by atoms with E-state index in [0.29, 0.717) is 5.69 Å². The molecule has 0 radical (unpaired) electrons. The molecule has 2 aromatic rings. The van der Waals surface area contributed by atoms with Gasteiger partial charge in [0.2, 0.25) is 11.8 Å². The van der Waals surface area contributed by atoms with E-state index in [0.717, 1.165) is 16.7 Å². The van der Waals surface area contributed by atoms with Crippen LogP contribution in [-0.4, -0.2) is 23.9 Å². The summed E-state index contributed by atoms with van der Waals surface area (Å²) in [7, 11) is 0. The van der Waals surface area contributed by atoms with Gasteiger partial charge in [-0.25, -0.2) is 4.79 Å². The van der Waals surface area contributed by atoms with Gasteiger partial charge in [0.1, 0.15) is 12.6 Å². The standard InChI is InChI=1S/C21H25N3O4/c1-14-7-6-10-17(15(14)2)23-20(26)18(11-12-19(22)25)24-21(27)28-13-16-8-4-3-5-9-16/h3-10,18H,11-13H2,1-2H3,(H2,22,25)(H,23,26)(H,24,27)/t18-/m0/s1. The summed E-state index contributed by atoms with van der Waals surface area (Å²) in [4.78, 5) is 35.9. The molecule has 0 unspecified atom stereocenters. The largest absolute Gasteiger partial charge is 0.445 e. The van der Waals surface area contributed by atoms with E-state index in [2.05, 4.69) is 10.6 Å². The van der Waals surface area contributed by atoms with Gasteiger partial charge in [0.25, 0.3) is 0 Å². The molecule has 7 heteroatoms. The van der Waals surface area contributed by atoms with Crippen molar-refractivity contribution in [3.8, 4) is 0 Å². The highest BCUT2D eigenvalue weighted by Crippen LogP contribution is 2.18. The van der Waals surface area contributed by atoms with E-state index in [-0.39, 0.29) is 19.4 Å². The second-order valence-electron chi connectivity index (χ2n) is 6.50. The quantitative estimate of drug-likeness (QED) is 0.651. The Balaban J connectivity index is 2.01. The van der Waals surface area contributed by atoms with Crippen LogP contribution in [0.25, 0.3) is 0 Å². The first-order valence-corrected chi connectivity index (χ1v) is 8.99. The second kappa shape index (κ2) is 10.1. The van der Waals surface area contributed by atoms with Crippen molar-refractivity contribution in [1.29, 1.82) is 0 Å². The Kier molecular flexibility index (Phi) is 7.56. The molecule has 2 aromatic carbocycles. The van der Waals surface area contributed by atoms with E-state index in [9.17, 15) is 14.4 Å². The molecular weight excluding hydrogens is 358 g/mol. The van der Waals surface area contributed by atoms with Crippen molar-refractivity contribution in [2.24, 2.45) is 5.73 Å². The zero-order valence-corrected chi connectivity index (χ0v) is 16.0. The molecule has 0 saturated carbocycles. The molecule has 0 aliphatic carbocycles. The minimum atomic E-state index is -0.948. The third kappa shape index (κ3) is 6.42. The molecule has 3 amide bonds. The predicted molar refractivity (Wildman–Crippen MR) is 107 cm³/mol. The van der Waals surface area contributed by atoms with Gasteiger partial charge in [0.05, 0.1) is 0 Å². The smallest absolute Gasteiger partial charge is 0.408 e. The molecule has 0 aromatic heterocycles. The van der Waals surface area contributed by atoms with Crippen LogP contribution in [0.4, 0.5) is 10.5 Å². The van der Waals surface area contributed by atoms with Crippen LogP contribution in [0.15, 0.2) is 48.5 Å². The van der Waals surface area contributed by atoms with E-state index in [4.69, 9.17) is 10.5 Å². The Bertz CT molecular complexity index is 837. The highest BCUT2D eigenvalue weighted by atomic mass is 16.5. The second-order valence-corrected chi connectivity index (χ2v) is 6.50. The van der Waals surface area contributed by atoms with Gasteiger partial charge in [-0.05, 0) is 43.0 Å².